The Morgan fingerprint density at radius 1 is 1.00 bits per heavy atom. The lowest BCUT2D eigenvalue weighted by atomic mass is 11.0. The van der Waals surface area contributed by atoms with Crippen LogP contribution in [0.5, 0.6) is 0 Å². The van der Waals surface area contributed by atoms with Gasteiger partial charge in [0.05, 0.1) is 22.5 Å². The Morgan fingerprint density at radius 3 is 1.50 bits per heavy atom. The lowest BCUT2D eigenvalue weighted by Gasteiger charge is -1.41. The fourth-order valence-electron chi connectivity index (χ4n) is 0.0454. The highest BCUT2D eigenvalue weighted by Crippen LogP contribution is 1.26. The highest BCUT2D eigenvalue weighted by molar-refractivity contribution is 7.73. The SMILES string of the molecule is O=S=CC=S=O. The summed E-state index contributed by atoms with van der Waals surface area (Å²) < 4.78 is 18.7. The fraction of sp³-hybridized carbons (Fsp3) is 0. The molecule has 0 N–H and O–H groups in total. The van der Waals surface area contributed by atoms with Crippen molar-refractivity contribution in [3.63, 3.8) is 0 Å². The minimum Gasteiger partial charge on any atom is -0.212 e. The van der Waals surface area contributed by atoms with Gasteiger partial charge in [-0.1, -0.05) is 0 Å². The average Bonchev–Trinajstić information content (AvgIpc) is 1.61. The van der Waals surface area contributed by atoms with Crippen molar-refractivity contribution in [1.29, 1.82) is 0 Å². The molecule has 0 fully saturated rings. The van der Waals surface area contributed by atoms with Crippen LogP contribution in [0.25, 0.3) is 0 Å². The number of hydrogen-bond donors (Lipinski definition) is 0. The van der Waals surface area contributed by atoms with E-state index in [1.807, 2.05) is 0 Å². The van der Waals surface area contributed by atoms with E-state index in [1.165, 1.54) is 10.7 Å². The number of hydrogen-bond acceptors (Lipinski definition) is 2. The molecule has 0 aliphatic carbocycles. The Bertz CT molecular complexity index is 102. The van der Waals surface area contributed by atoms with Crippen molar-refractivity contribution < 1.29 is 8.42 Å². The molecule has 0 rings (SSSR count). The molecule has 6 heavy (non-hydrogen) atoms. The Kier molecular flexibility index (Phi) is 4.60. The van der Waals surface area contributed by atoms with Gasteiger partial charge in [0.25, 0.3) is 0 Å². The maximum Gasteiger partial charge on any atom is 0.0894 e. The summed E-state index contributed by atoms with van der Waals surface area (Å²) in [6.45, 7) is 0. The van der Waals surface area contributed by atoms with E-state index in [-0.39, 0.29) is 22.5 Å². The lowest BCUT2D eigenvalue weighted by Crippen LogP contribution is -1.67. The van der Waals surface area contributed by atoms with E-state index in [2.05, 4.69) is 0 Å². The minimum atomic E-state index is 0.275. The van der Waals surface area contributed by atoms with Gasteiger partial charge in [0.15, 0.2) is 0 Å². The van der Waals surface area contributed by atoms with Crippen LogP contribution in [-0.4, -0.2) is 19.2 Å². The molecule has 0 radical (unpaired) electrons. The first kappa shape index (κ1) is 5.78. The second-order valence-electron chi connectivity index (χ2n) is 0.465. The maximum atomic E-state index is 9.37. The second kappa shape index (κ2) is 4.78. The van der Waals surface area contributed by atoms with Crippen molar-refractivity contribution in [1.82, 2.24) is 0 Å². The quantitative estimate of drug-likeness (QED) is 0.419. The van der Waals surface area contributed by atoms with Gasteiger partial charge in [-0.2, -0.15) is 0 Å². The summed E-state index contributed by atoms with van der Waals surface area (Å²) in [6, 6.07) is 0. The van der Waals surface area contributed by atoms with Gasteiger partial charge in [-0.25, -0.2) is 8.42 Å². The Labute approximate surface area is 42.3 Å². The lowest BCUT2D eigenvalue weighted by molar-refractivity contribution is 0.700. The van der Waals surface area contributed by atoms with E-state index in [0.29, 0.717) is 0 Å². The van der Waals surface area contributed by atoms with Crippen LogP contribution in [0, 0.1) is 0 Å². The van der Waals surface area contributed by atoms with E-state index in [4.69, 9.17) is 0 Å². The Morgan fingerprint density at radius 2 is 1.33 bits per heavy atom. The summed E-state index contributed by atoms with van der Waals surface area (Å²) in [7, 11) is 0. The molecule has 0 saturated heterocycles. The Hall–Kier alpha value is -0.220. The third-order valence-corrected chi connectivity index (χ3v) is 0.833. The zero-order valence-electron chi connectivity index (χ0n) is 2.79. The molecular weight excluding hydrogens is 120 g/mol. The minimum absolute atomic E-state index is 0.275. The van der Waals surface area contributed by atoms with Crippen molar-refractivity contribution in [3.8, 4) is 0 Å². The smallest absolute Gasteiger partial charge is 0.0894 e. The van der Waals surface area contributed by atoms with E-state index < -0.39 is 0 Å². The van der Waals surface area contributed by atoms with E-state index in [1.54, 1.807) is 0 Å². The normalized spacial score (nSPS) is 6.00. The van der Waals surface area contributed by atoms with Crippen LogP contribution in [0.15, 0.2) is 0 Å². The van der Waals surface area contributed by atoms with Gasteiger partial charge in [0.2, 0.25) is 0 Å². The first-order valence-corrected chi connectivity index (χ1v) is 2.75. The van der Waals surface area contributed by atoms with Gasteiger partial charge < -0.3 is 0 Å². The highest BCUT2D eigenvalue weighted by atomic mass is 32.1. The van der Waals surface area contributed by atoms with Gasteiger partial charge in [-0.3, -0.25) is 0 Å². The van der Waals surface area contributed by atoms with Crippen molar-refractivity contribution in [2.45, 2.75) is 0 Å². The molecule has 0 heterocycles. The molecule has 0 amide bonds. The molecule has 2 nitrogen and oxygen atoms in total. The first-order valence-electron chi connectivity index (χ1n) is 1.14. The van der Waals surface area contributed by atoms with Crippen molar-refractivity contribution in [2.75, 3.05) is 0 Å². The largest absolute Gasteiger partial charge is 0.212 e. The molecule has 4 heteroatoms. The predicted octanol–water partition coefficient (Wildman–Crippen LogP) is -0.983. The van der Waals surface area contributed by atoms with Crippen LogP contribution < -0.4 is 0 Å². The third-order valence-electron chi connectivity index (χ3n) is 0.167. The Balaban J connectivity index is 3.64. The van der Waals surface area contributed by atoms with Crippen LogP contribution in [0.1, 0.15) is 0 Å². The second-order valence-corrected chi connectivity index (χ2v) is 1.39. The van der Waals surface area contributed by atoms with Crippen molar-refractivity contribution in [3.05, 3.63) is 0 Å². The highest BCUT2D eigenvalue weighted by Gasteiger charge is 1.50. The summed E-state index contributed by atoms with van der Waals surface area (Å²) in [5.41, 5.74) is 0. The molecule has 0 aromatic rings. The summed E-state index contributed by atoms with van der Waals surface area (Å²) in [6.07, 6.45) is 0. The van der Waals surface area contributed by atoms with Crippen molar-refractivity contribution >= 4 is 33.2 Å². The molecule has 0 aromatic carbocycles. The molecule has 0 spiro atoms. The van der Waals surface area contributed by atoms with Crippen molar-refractivity contribution in [2.24, 2.45) is 0 Å². The van der Waals surface area contributed by atoms with Gasteiger partial charge in [0.1, 0.15) is 0 Å². The van der Waals surface area contributed by atoms with E-state index in [0.717, 1.165) is 0 Å². The van der Waals surface area contributed by atoms with E-state index in [9.17, 15) is 8.42 Å². The van der Waals surface area contributed by atoms with Gasteiger partial charge in [-0.05, 0) is 0 Å². The average molecular weight is 122 g/mol. The number of rotatable bonds is 1. The molecule has 34 valence electrons. The molecule has 0 saturated carbocycles. The van der Waals surface area contributed by atoms with Gasteiger partial charge in [0, 0.05) is 10.7 Å². The summed E-state index contributed by atoms with van der Waals surface area (Å²) >= 11 is 0.550. The monoisotopic (exact) mass is 122 g/mol. The van der Waals surface area contributed by atoms with E-state index >= 15 is 0 Å². The van der Waals surface area contributed by atoms with Gasteiger partial charge >= 0.3 is 0 Å². The topological polar surface area (TPSA) is 34.1 Å². The fourth-order valence-corrected chi connectivity index (χ4v) is 0.408. The summed E-state index contributed by atoms with van der Waals surface area (Å²) in [5, 5.41) is 2.38. The predicted molar refractivity (Wildman–Crippen MR) is 28.4 cm³/mol. The third kappa shape index (κ3) is 3.78. The van der Waals surface area contributed by atoms with Crippen LogP contribution in [0.3, 0.4) is 0 Å². The molecular formula is C2H2O2S2. The van der Waals surface area contributed by atoms with Gasteiger partial charge in [-0.15, -0.1) is 0 Å². The van der Waals surface area contributed by atoms with Crippen LogP contribution in [0.2, 0.25) is 0 Å². The van der Waals surface area contributed by atoms with Crippen LogP contribution in [-0.2, 0) is 22.5 Å². The molecule has 0 atom stereocenters. The van der Waals surface area contributed by atoms with Crippen LogP contribution in [0.4, 0.5) is 0 Å². The molecule has 0 unspecified atom stereocenters. The molecule has 0 aliphatic rings. The molecule has 0 aliphatic heterocycles. The molecule has 0 bridgehead atoms. The summed E-state index contributed by atoms with van der Waals surface area (Å²) in [4.78, 5) is 0. The first-order chi connectivity index (χ1) is 2.91. The maximum absolute atomic E-state index is 9.37. The van der Waals surface area contributed by atoms with Crippen LogP contribution >= 0.6 is 0 Å². The molecule has 0 aromatic heterocycles. The standard InChI is InChI=1S/C2H2O2S2/c3-5-1-2-6-4/h1-2H. The zero-order valence-corrected chi connectivity index (χ0v) is 4.42. The zero-order chi connectivity index (χ0) is 4.83. The summed E-state index contributed by atoms with van der Waals surface area (Å²) in [5.74, 6) is 0.